The lowest BCUT2D eigenvalue weighted by atomic mass is 9.77. The van der Waals surface area contributed by atoms with Crippen LogP contribution >= 0.6 is 0 Å². The summed E-state index contributed by atoms with van der Waals surface area (Å²) in [5.74, 6) is 0. The average molecular weight is 842 g/mol. The Labute approximate surface area is 384 Å². The fourth-order valence-electron chi connectivity index (χ4n) is 9.91. The van der Waals surface area contributed by atoms with E-state index in [-0.39, 0.29) is 0 Å². The van der Waals surface area contributed by atoms with E-state index in [1.54, 1.807) is 0 Å². The number of fused-ring (bicyclic) bond motifs is 4. The second-order valence-electron chi connectivity index (χ2n) is 16.8. The van der Waals surface area contributed by atoms with Crippen LogP contribution < -0.4 is 4.90 Å². The van der Waals surface area contributed by atoms with Crippen LogP contribution in [0.1, 0.15) is 0 Å². The van der Waals surface area contributed by atoms with Gasteiger partial charge >= 0.3 is 0 Å². The molecule has 0 amide bonds. The minimum Gasteiger partial charge on any atom is -0.456 e. The Morgan fingerprint density at radius 3 is 1.33 bits per heavy atom. The highest BCUT2D eigenvalue weighted by Gasteiger charge is 2.26. The first-order valence-corrected chi connectivity index (χ1v) is 22.6. The first-order chi connectivity index (χ1) is 32.8. The van der Waals surface area contributed by atoms with Crippen LogP contribution in [0.5, 0.6) is 0 Å². The first kappa shape index (κ1) is 38.9. The molecule has 0 saturated heterocycles. The molecular weight excluding hydrogens is 799 g/mol. The van der Waals surface area contributed by atoms with Crippen LogP contribution in [-0.2, 0) is 0 Å². The zero-order valence-electron chi connectivity index (χ0n) is 36.2. The van der Waals surface area contributed by atoms with E-state index in [4.69, 9.17) is 4.42 Å². The molecule has 0 atom stereocenters. The molecule has 2 heteroatoms. The SMILES string of the molecule is c1ccc(-c2cccc(N(c3ccc(-c4cccc5c(-c6ccccc6)c(-c6ccccc6)c(-c6ccccc6)c(-c6ccccc6)c45)cc3)c3ccc4c(c3)oc3ccccc34)c2)cc1. The third-order valence-corrected chi connectivity index (χ3v) is 12.9. The van der Waals surface area contributed by atoms with Crippen molar-refractivity contribution in [3.63, 3.8) is 0 Å². The molecule has 0 saturated carbocycles. The molecule has 0 aliphatic heterocycles. The number of para-hydroxylation sites is 1. The number of benzene rings is 11. The molecule has 0 N–H and O–H groups in total. The Kier molecular flexibility index (Phi) is 9.89. The van der Waals surface area contributed by atoms with Crippen LogP contribution in [0.15, 0.2) is 265 Å². The molecule has 0 radical (unpaired) electrons. The minimum absolute atomic E-state index is 0.858. The summed E-state index contributed by atoms with van der Waals surface area (Å²) in [6.07, 6.45) is 0. The van der Waals surface area contributed by atoms with Gasteiger partial charge in [-0.05, 0) is 120 Å². The first-order valence-electron chi connectivity index (χ1n) is 22.6. The molecule has 1 heterocycles. The summed E-state index contributed by atoms with van der Waals surface area (Å²) in [7, 11) is 0. The molecule has 12 aromatic rings. The third kappa shape index (κ3) is 6.93. The van der Waals surface area contributed by atoms with Crippen molar-refractivity contribution in [3.05, 3.63) is 261 Å². The number of nitrogens with zero attached hydrogens (tertiary/aromatic N) is 1. The molecule has 2 nitrogen and oxygen atoms in total. The smallest absolute Gasteiger partial charge is 0.137 e. The summed E-state index contributed by atoms with van der Waals surface area (Å²) in [6.45, 7) is 0. The van der Waals surface area contributed by atoms with Crippen molar-refractivity contribution in [2.45, 2.75) is 0 Å². The normalized spacial score (nSPS) is 11.3. The predicted octanol–water partition coefficient (Wildman–Crippen LogP) is 18.2. The van der Waals surface area contributed by atoms with E-state index < -0.39 is 0 Å². The predicted molar refractivity (Wildman–Crippen MR) is 279 cm³/mol. The van der Waals surface area contributed by atoms with Crippen molar-refractivity contribution in [1.82, 2.24) is 0 Å². The van der Waals surface area contributed by atoms with Gasteiger partial charge in [-0.3, -0.25) is 0 Å². The van der Waals surface area contributed by atoms with E-state index >= 15 is 0 Å². The van der Waals surface area contributed by atoms with Gasteiger partial charge < -0.3 is 9.32 Å². The van der Waals surface area contributed by atoms with Gasteiger partial charge in [0.2, 0.25) is 0 Å². The molecule has 0 bridgehead atoms. The summed E-state index contributed by atoms with van der Waals surface area (Å²) in [5, 5.41) is 4.65. The number of hydrogen-bond donors (Lipinski definition) is 0. The maximum absolute atomic E-state index is 6.47. The van der Waals surface area contributed by atoms with Gasteiger partial charge in [0.1, 0.15) is 11.2 Å². The number of anilines is 3. The summed E-state index contributed by atoms with van der Waals surface area (Å²) >= 11 is 0. The third-order valence-electron chi connectivity index (χ3n) is 12.9. The highest BCUT2D eigenvalue weighted by Crippen LogP contribution is 2.53. The van der Waals surface area contributed by atoms with Gasteiger partial charge in [-0.15, -0.1) is 0 Å². The van der Waals surface area contributed by atoms with E-state index in [0.717, 1.165) is 50.1 Å². The van der Waals surface area contributed by atoms with Crippen LogP contribution in [-0.4, -0.2) is 0 Å². The van der Waals surface area contributed by atoms with Crippen molar-refractivity contribution in [3.8, 4) is 66.8 Å². The Balaban J connectivity index is 1.10. The maximum atomic E-state index is 6.47. The highest BCUT2D eigenvalue weighted by atomic mass is 16.3. The molecule has 1 aromatic heterocycles. The molecule has 0 unspecified atom stereocenters. The average Bonchev–Trinajstić information content (AvgIpc) is 3.77. The molecule has 0 aliphatic rings. The Bertz CT molecular complexity index is 3660. The van der Waals surface area contributed by atoms with E-state index in [0.29, 0.717) is 0 Å². The Morgan fingerprint density at radius 2 is 0.697 bits per heavy atom. The molecule has 66 heavy (non-hydrogen) atoms. The van der Waals surface area contributed by atoms with Crippen molar-refractivity contribution in [1.29, 1.82) is 0 Å². The lowest BCUT2D eigenvalue weighted by Gasteiger charge is -2.27. The Hall–Kier alpha value is -8.72. The van der Waals surface area contributed by atoms with Crippen LogP contribution in [0, 0.1) is 0 Å². The standard InChI is InChI=1S/C64H43NO/c1-6-20-44(21-7-1)50-30-18-31-52(42-50)65(53-40-41-56-55-32-16-17-35-58(55)66-59(56)43-53)51-38-36-45(37-39-51)54-33-19-34-57-60(46-22-8-2-9-23-46)61(47-24-10-3-11-25-47)62(48-26-12-4-13-27-48)63(64(54)57)49-28-14-5-15-29-49/h1-43H. The van der Waals surface area contributed by atoms with Gasteiger partial charge in [0.05, 0.1) is 0 Å². The van der Waals surface area contributed by atoms with Gasteiger partial charge in [0, 0.05) is 33.9 Å². The maximum Gasteiger partial charge on any atom is 0.137 e. The topological polar surface area (TPSA) is 16.4 Å². The zero-order valence-corrected chi connectivity index (χ0v) is 36.2. The number of rotatable bonds is 9. The molecular formula is C64H43NO. The summed E-state index contributed by atoms with van der Waals surface area (Å²) < 4.78 is 6.47. The summed E-state index contributed by atoms with van der Waals surface area (Å²) in [4.78, 5) is 2.34. The number of hydrogen-bond acceptors (Lipinski definition) is 2. The quantitative estimate of drug-likeness (QED) is 0.144. The van der Waals surface area contributed by atoms with Gasteiger partial charge in [0.15, 0.2) is 0 Å². The molecule has 0 spiro atoms. The van der Waals surface area contributed by atoms with E-state index in [1.807, 2.05) is 12.1 Å². The fraction of sp³-hybridized carbons (Fsp3) is 0. The molecule has 11 aromatic carbocycles. The second-order valence-corrected chi connectivity index (χ2v) is 16.8. The second kappa shape index (κ2) is 16.8. The van der Waals surface area contributed by atoms with Crippen molar-refractivity contribution >= 4 is 49.8 Å². The summed E-state index contributed by atoms with van der Waals surface area (Å²) in [6, 6.07) is 93.9. The summed E-state index contributed by atoms with van der Waals surface area (Å²) in [5.41, 5.74) is 19.1. The molecule has 12 rings (SSSR count). The van der Waals surface area contributed by atoms with Crippen LogP contribution in [0.4, 0.5) is 17.1 Å². The van der Waals surface area contributed by atoms with Gasteiger partial charge in [-0.25, -0.2) is 0 Å². The number of furan rings is 1. The van der Waals surface area contributed by atoms with Crippen molar-refractivity contribution in [2.75, 3.05) is 4.90 Å². The largest absolute Gasteiger partial charge is 0.456 e. The van der Waals surface area contributed by atoms with E-state index in [1.165, 1.54) is 66.4 Å². The van der Waals surface area contributed by atoms with Crippen LogP contribution in [0.2, 0.25) is 0 Å². The van der Waals surface area contributed by atoms with Gasteiger partial charge in [-0.1, -0.05) is 212 Å². The lowest BCUT2D eigenvalue weighted by Crippen LogP contribution is -2.10. The highest BCUT2D eigenvalue weighted by molar-refractivity contribution is 6.22. The van der Waals surface area contributed by atoms with Crippen LogP contribution in [0.3, 0.4) is 0 Å². The molecule has 310 valence electrons. The van der Waals surface area contributed by atoms with E-state index in [9.17, 15) is 0 Å². The Morgan fingerprint density at radius 1 is 0.242 bits per heavy atom. The monoisotopic (exact) mass is 841 g/mol. The van der Waals surface area contributed by atoms with Crippen molar-refractivity contribution in [2.24, 2.45) is 0 Å². The fourth-order valence-corrected chi connectivity index (χ4v) is 9.91. The van der Waals surface area contributed by atoms with Gasteiger partial charge in [0.25, 0.3) is 0 Å². The zero-order chi connectivity index (χ0) is 43.8. The van der Waals surface area contributed by atoms with Gasteiger partial charge in [-0.2, -0.15) is 0 Å². The van der Waals surface area contributed by atoms with Crippen molar-refractivity contribution < 1.29 is 4.42 Å². The molecule has 0 aliphatic carbocycles. The minimum atomic E-state index is 0.858. The molecule has 0 fully saturated rings. The lowest BCUT2D eigenvalue weighted by molar-refractivity contribution is 0.669. The van der Waals surface area contributed by atoms with Crippen LogP contribution in [0.25, 0.3) is 99.5 Å². The van der Waals surface area contributed by atoms with E-state index in [2.05, 4.69) is 254 Å².